The topological polar surface area (TPSA) is 67.4 Å². The first-order chi connectivity index (χ1) is 8.15. The third-order valence-electron chi connectivity index (χ3n) is 1.92. The van der Waals surface area contributed by atoms with Crippen molar-refractivity contribution < 1.29 is 14.3 Å². The molecule has 0 unspecified atom stereocenters. The van der Waals surface area contributed by atoms with E-state index < -0.39 is 11.8 Å². The average molecular weight is 301 g/mol. The quantitative estimate of drug-likeness (QED) is 0.647. The second-order valence-corrected chi connectivity index (χ2v) is 4.04. The van der Waals surface area contributed by atoms with Crippen LogP contribution in [0.3, 0.4) is 0 Å². The number of halogens is 1. The number of anilines is 1. The molecular weight excluding hydrogens is 288 g/mol. The lowest BCUT2D eigenvalue weighted by Crippen LogP contribution is -2.37. The van der Waals surface area contributed by atoms with Gasteiger partial charge < -0.3 is 15.4 Å². The summed E-state index contributed by atoms with van der Waals surface area (Å²) in [6, 6.07) is 7.06. The van der Waals surface area contributed by atoms with E-state index in [0.29, 0.717) is 18.8 Å². The number of methoxy groups -OCH3 is 1. The molecule has 0 aliphatic carbocycles. The first-order valence-corrected chi connectivity index (χ1v) is 5.77. The Hall–Kier alpha value is -1.40. The summed E-state index contributed by atoms with van der Waals surface area (Å²) in [7, 11) is 1.52. The molecule has 0 fully saturated rings. The van der Waals surface area contributed by atoms with Crippen LogP contribution in [0.15, 0.2) is 28.7 Å². The standard InChI is InChI=1S/C11H13BrN2O3/c1-17-7-6-13-10(15)11(16)14-9-5-3-2-4-8(9)12/h2-5H,6-7H2,1H3,(H,13,15)(H,14,16). The van der Waals surface area contributed by atoms with Crippen molar-refractivity contribution in [3.63, 3.8) is 0 Å². The zero-order valence-corrected chi connectivity index (χ0v) is 10.9. The molecule has 6 heteroatoms. The highest BCUT2D eigenvalue weighted by Crippen LogP contribution is 2.20. The van der Waals surface area contributed by atoms with Gasteiger partial charge in [-0.15, -0.1) is 0 Å². The summed E-state index contributed by atoms with van der Waals surface area (Å²) in [6.45, 7) is 0.673. The average Bonchev–Trinajstić information content (AvgIpc) is 2.32. The third-order valence-corrected chi connectivity index (χ3v) is 2.61. The van der Waals surface area contributed by atoms with Crippen LogP contribution in [0, 0.1) is 0 Å². The van der Waals surface area contributed by atoms with Gasteiger partial charge in [-0.2, -0.15) is 0 Å². The van der Waals surface area contributed by atoms with Crippen molar-refractivity contribution in [1.82, 2.24) is 5.32 Å². The Morgan fingerprint density at radius 2 is 2.00 bits per heavy atom. The van der Waals surface area contributed by atoms with E-state index in [2.05, 4.69) is 26.6 Å². The number of hydrogen-bond acceptors (Lipinski definition) is 3. The van der Waals surface area contributed by atoms with Crippen molar-refractivity contribution in [3.05, 3.63) is 28.7 Å². The number of ether oxygens (including phenoxy) is 1. The van der Waals surface area contributed by atoms with E-state index in [0.717, 1.165) is 4.47 Å². The molecule has 2 amide bonds. The minimum atomic E-state index is -0.701. The number of benzene rings is 1. The van der Waals surface area contributed by atoms with Crippen LogP contribution in [-0.2, 0) is 14.3 Å². The van der Waals surface area contributed by atoms with E-state index in [1.807, 2.05) is 6.07 Å². The van der Waals surface area contributed by atoms with Gasteiger partial charge in [-0.25, -0.2) is 0 Å². The Balaban J connectivity index is 2.49. The molecule has 0 atom stereocenters. The van der Waals surface area contributed by atoms with Gasteiger partial charge in [0.1, 0.15) is 0 Å². The normalized spacial score (nSPS) is 9.76. The second-order valence-electron chi connectivity index (χ2n) is 3.18. The molecule has 92 valence electrons. The van der Waals surface area contributed by atoms with Crippen LogP contribution in [0.1, 0.15) is 0 Å². The molecule has 0 aromatic heterocycles. The van der Waals surface area contributed by atoms with Crippen molar-refractivity contribution in [3.8, 4) is 0 Å². The van der Waals surface area contributed by atoms with Crippen LogP contribution in [0.4, 0.5) is 5.69 Å². The molecule has 0 saturated heterocycles. The lowest BCUT2D eigenvalue weighted by atomic mass is 10.3. The predicted octanol–water partition coefficient (Wildman–Crippen LogP) is 1.15. The van der Waals surface area contributed by atoms with Crippen molar-refractivity contribution in [1.29, 1.82) is 0 Å². The van der Waals surface area contributed by atoms with Crippen molar-refractivity contribution >= 4 is 33.4 Å². The predicted molar refractivity (Wildman–Crippen MR) is 67.7 cm³/mol. The zero-order valence-electron chi connectivity index (χ0n) is 9.33. The van der Waals surface area contributed by atoms with Gasteiger partial charge in [-0.1, -0.05) is 12.1 Å². The van der Waals surface area contributed by atoms with E-state index in [1.165, 1.54) is 7.11 Å². The maximum Gasteiger partial charge on any atom is 0.313 e. The van der Waals surface area contributed by atoms with Gasteiger partial charge in [0.25, 0.3) is 0 Å². The number of rotatable bonds is 4. The molecule has 0 saturated carbocycles. The maximum absolute atomic E-state index is 11.5. The van der Waals surface area contributed by atoms with E-state index in [1.54, 1.807) is 18.2 Å². The molecule has 1 rings (SSSR count). The molecular formula is C11H13BrN2O3. The Morgan fingerprint density at radius 1 is 1.29 bits per heavy atom. The highest BCUT2D eigenvalue weighted by molar-refractivity contribution is 9.10. The second kappa shape index (κ2) is 7.03. The van der Waals surface area contributed by atoms with E-state index in [9.17, 15) is 9.59 Å². The highest BCUT2D eigenvalue weighted by Gasteiger charge is 2.13. The van der Waals surface area contributed by atoms with Gasteiger partial charge in [-0.05, 0) is 28.1 Å². The maximum atomic E-state index is 11.5. The summed E-state index contributed by atoms with van der Waals surface area (Å²) in [5, 5.41) is 4.93. The van der Waals surface area contributed by atoms with Crippen LogP contribution >= 0.6 is 15.9 Å². The van der Waals surface area contributed by atoms with E-state index in [-0.39, 0.29) is 0 Å². The fourth-order valence-electron chi connectivity index (χ4n) is 1.09. The molecule has 0 spiro atoms. The molecule has 1 aromatic rings. The van der Waals surface area contributed by atoms with Crippen LogP contribution < -0.4 is 10.6 Å². The lowest BCUT2D eigenvalue weighted by Gasteiger charge is -2.07. The van der Waals surface area contributed by atoms with Gasteiger partial charge in [0.2, 0.25) is 0 Å². The Bertz CT molecular complexity index is 409. The first kappa shape index (κ1) is 13.7. The van der Waals surface area contributed by atoms with Gasteiger partial charge in [0.05, 0.1) is 12.3 Å². The van der Waals surface area contributed by atoms with Crippen LogP contribution in [0.25, 0.3) is 0 Å². The summed E-state index contributed by atoms with van der Waals surface area (Å²) in [5.41, 5.74) is 0.555. The minimum Gasteiger partial charge on any atom is -0.383 e. The number of nitrogens with one attached hydrogen (secondary N) is 2. The molecule has 2 N–H and O–H groups in total. The monoisotopic (exact) mass is 300 g/mol. The van der Waals surface area contributed by atoms with E-state index in [4.69, 9.17) is 4.74 Å². The van der Waals surface area contributed by atoms with Gasteiger partial charge in [-0.3, -0.25) is 9.59 Å². The van der Waals surface area contributed by atoms with Gasteiger partial charge in [0, 0.05) is 18.1 Å². The van der Waals surface area contributed by atoms with Gasteiger partial charge in [0.15, 0.2) is 0 Å². The summed E-state index contributed by atoms with van der Waals surface area (Å²) in [5.74, 6) is -1.38. The van der Waals surface area contributed by atoms with Gasteiger partial charge >= 0.3 is 11.8 Å². The molecule has 5 nitrogen and oxygen atoms in total. The van der Waals surface area contributed by atoms with Crippen LogP contribution in [-0.4, -0.2) is 32.1 Å². The molecule has 0 radical (unpaired) electrons. The third kappa shape index (κ3) is 4.54. The van der Waals surface area contributed by atoms with E-state index >= 15 is 0 Å². The summed E-state index contributed by atoms with van der Waals surface area (Å²) in [6.07, 6.45) is 0. The molecule has 0 aliphatic rings. The molecule has 0 aliphatic heterocycles. The molecule has 1 aromatic carbocycles. The zero-order chi connectivity index (χ0) is 12.7. The SMILES string of the molecule is COCCNC(=O)C(=O)Nc1ccccc1Br. The van der Waals surface area contributed by atoms with Crippen LogP contribution in [0.5, 0.6) is 0 Å². The summed E-state index contributed by atoms with van der Waals surface area (Å²) in [4.78, 5) is 22.8. The summed E-state index contributed by atoms with van der Waals surface area (Å²) < 4.78 is 5.48. The summed E-state index contributed by atoms with van der Waals surface area (Å²) >= 11 is 3.27. The fourth-order valence-corrected chi connectivity index (χ4v) is 1.47. The molecule has 0 bridgehead atoms. The number of para-hydroxylation sites is 1. The Kier molecular flexibility index (Phi) is 5.65. The number of carbonyl (C=O) groups is 2. The smallest absolute Gasteiger partial charge is 0.313 e. The van der Waals surface area contributed by atoms with Crippen molar-refractivity contribution in [2.75, 3.05) is 25.6 Å². The van der Waals surface area contributed by atoms with Crippen molar-refractivity contribution in [2.24, 2.45) is 0 Å². The Morgan fingerprint density at radius 3 is 2.65 bits per heavy atom. The lowest BCUT2D eigenvalue weighted by molar-refractivity contribution is -0.136. The Labute approximate surface area is 108 Å². The van der Waals surface area contributed by atoms with Crippen molar-refractivity contribution in [2.45, 2.75) is 0 Å². The number of amides is 2. The van der Waals surface area contributed by atoms with Crippen LogP contribution in [0.2, 0.25) is 0 Å². The molecule has 17 heavy (non-hydrogen) atoms. The largest absolute Gasteiger partial charge is 0.383 e. The highest BCUT2D eigenvalue weighted by atomic mass is 79.9. The molecule has 0 heterocycles. The number of carbonyl (C=O) groups excluding carboxylic acids is 2. The fraction of sp³-hybridized carbons (Fsp3) is 0.273. The first-order valence-electron chi connectivity index (χ1n) is 4.98. The minimum absolute atomic E-state index is 0.304. The number of hydrogen-bond donors (Lipinski definition) is 2.